The lowest BCUT2D eigenvalue weighted by Gasteiger charge is -2.29. The highest BCUT2D eigenvalue weighted by Crippen LogP contribution is 2.28. The molecule has 24 heavy (non-hydrogen) atoms. The molecule has 1 saturated heterocycles. The van der Waals surface area contributed by atoms with E-state index in [-0.39, 0.29) is 24.9 Å². The highest BCUT2D eigenvalue weighted by Gasteiger charge is 2.45. The van der Waals surface area contributed by atoms with Crippen molar-refractivity contribution < 1.29 is 32.7 Å². The second-order valence-corrected chi connectivity index (χ2v) is 5.45. The molecular weight excluding hydrogens is 329 g/mol. The second kappa shape index (κ2) is 6.90. The number of carboxylic acid groups (broad SMARTS) is 1. The summed E-state index contributed by atoms with van der Waals surface area (Å²) in [6.45, 7) is 0.0468. The van der Waals surface area contributed by atoms with Crippen LogP contribution in [-0.4, -0.2) is 35.1 Å². The van der Waals surface area contributed by atoms with E-state index in [0.29, 0.717) is 5.56 Å². The van der Waals surface area contributed by atoms with E-state index in [9.17, 15) is 27.6 Å². The second-order valence-electron chi connectivity index (χ2n) is 5.45. The largest absolute Gasteiger partial charge is 0.478 e. The predicted octanol–water partition coefficient (Wildman–Crippen LogP) is 1.46. The van der Waals surface area contributed by atoms with Gasteiger partial charge in [-0.3, -0.25) is 9.59 Å². The van der Waals surface area contributed by atoms with Gasteiger partial charge in [-0.25, -0.2) is 4.79 Å². The zero-order chi connectivity index (χ0) is 17.9. The van der Waals surface area contributed by atoms with E-state index < -0.39 is 35.9 Å². The number of nitrogens with one attached hydrogen (secondary N) is 2. The third-order valence-electron chi connectivity index (χ3n) is 3.76. The number of carboxylic acids is 1. The smallest absolute Gasteiger partial charge is 0.408 e. The summed E-state index contributed by atoms with van der Waals surface area (Å²) in [5.41, 5.74) is 0.702. The van der Waals surface area contributed by atoms with Gasteiger partial charge in [-0.15, -0.1) is 0 Å². The summed E-state index contributed by atoms with van der Waals surface area (Å²) in [5, 5.41) is 13.1. The number of benzene rings is 1. The first-order chi connectivity index (χ1) is 11.2. The van der Waals surface area contributed by atoms with E-state index in [2.05, 4.69) is 5.32 Å². The number of halogens is 3. The van der Waals surface area contributed by atoms with Crippen molar-refractivity contribution >= 4 is 17.8 Å². The molecule has 0 spiro atoms. The van der Waals surface area contributed by atoms with Crippen molar-refractivity contribution in [1.82, 2.24) is 10.6 Å². The van der Waals surface area contributed by atoms with Gasteiger partial charge in [0.2, 0.25) is 11.8 Å². The number of alkyl halides is 3. The van der Waals surface area contributed by atoms with Crippen molar-refractivity contribution in [2.45, 2.75) is 31.6 Å². The van der Waals surface area contributed by atoms with Crippen LogP contribution in [0.1, 0.15) is 28.8 Å². The lowest BCUT2D eigenvalue weighted by molar-refractivity contribution is -0.171. The topological polar surface area (TPSA) is 95.5 Å². The van der Waals surface area contributed by atoms with Gasteiger partial charge in [0.05, 0.1) is 5.56 Å². The molecular formula is C15H15F3N2O4. The Labute approximate surface area is 135 Å². The Morgan fingerprint density at radius 1 is 1.21 bits per heavy atom. The molecule has 0 unspecified atom stereocenters. The Morgan fingerprint density at radius 2 is 1.83 bits per heavy atom. The van der Waals surface area contributed by atoms with Crippen molar-refractivity contribution in [3.63, 3.8) is 0 Å². The zero-order valence-electron chi connectivity index (χ0n) is 12.4. The molecule has 0 aromatic heterocycles. The molecule has 2 rings (SSSR count). The number of hydrogen-bond acceptors (Lipinski definition) is 3. The van der Waals surface area contributed by atoms with Crippen LogP contribution in [0, 0.1) is 5.92 Å². The van der Waals surface area contributed by atoms with Gasteiger partial charge in [0.1, 0.15) is 12.0 Å². The number of rotatable bonds is 4. The Bertz CT molecular complexity index is 643. The Kier molecular flexibility index (Phi) is 5.10. The van der Waals surface area contributed by atoms with Crippen molar-refractivity contribution in [2.24, 2.45) is 5.92 Å². The molecule has 1 aliphatic rings. The van der Waals surface area contributed by atoms with Crippen LogP contribution in [0.4, 0.5) is 13.2 Å². The number of carbonyl (C=O) groups excluding carboxylic acids is 2. The molecule has 6 nitrogen and oxygen atoms in total. The summed E-state index contributed by atoms with van der Waals surface area (Å²) in [5.74, 6) is -3.84. The molecule has 3 N–H and O–H groups in total. The van der Waals surface area contributed by atoms with Crippen molar-refractivity contribution in [1.29, 1.82) is 0 Å². The van der Waals surface area contributed by atoms with Gasteiger partial charge in [0.15, 0.2) is 0 Å². The molecule has 130 valence electrons. The van der Waals surface area contributed by atoms with Gasteiger partial charge in [0.25, 0.3) is 0 Å². The van der Waals surface area contributed by atoms with E-state index in [1.54, 1.807) is 0 Å². The minimum atomic E-state index is -4.52. The zero-order valence-corrected chi connectivity index (χ0v) is 12.4. The van der Waals surface area contributed by atoms with Crippen molar-refractivity contribution in [3.8, 4) is 0 Å². The molecule has 0 bridgehead atoms. The maximum atomic E-state index is 12.5. The summed E-state index contributed by atoms with van der Waals surface area (Å²) in [7, 11) is 0. The quantitative estimate of drug-likeness (QED) is 0.721. The van der Waals surface area contributed by atoms with Crippen LogP contribution in [0.25, 0.3) is 0 Å². The third-order valence-corrected chi connectivity index (χ3v) is 3.76. The average molecular weight is 344 g/mol. The maximum absolute atomic E-state index is 12.5. The molecule has 0 radical (unpaired) electrons. The first-order valence-electron chi connectivity index (χ1n) is 7.15. The van der Waals surface area contributed by atoms with Gasteiger partial charge >= 0.3 is 12.1 Å². The third kappa shape index (κ3) is 4.24. The minimum Gasteiger partial charge on any atom is -0.478 e. The van der Waals surface area contributed by atoms with Crippen LogP contribution in [0.15, 0.2) is 24.3 Å². The Hall–Kier alpha value is -2.58. The predicted molar refractivity (Wildman–Crippen MR) is 76.0 cm³/mol. The van der Waals surface area contributed by atoms with E-state index in [0.717, 1.165) is 0 Å². The lowest BCUT2D eigenvalue weighted by Crippen LogP contribution is -2.54. The Morgan fingerprint density at radius 3 is 2.33 bits per heavy atom. The lowest BCUT2D eigenvalue weighted by atomic mass is 9.92. The SMILES string of the molecule is O=C(O)c1ccc(CNC(=O)[C@H]2CC[C@@H](C(F)(F)F)NC2=O)cc1. The minimum absolute atomic E-state index is 0.0468. The first kappa shape index (κ1) is 17.8. The summed E-state index contributed by atoms with van der Waals surface area (Å²) in [4.78, 5) is 34.4. The summed E-state index contributed by atoms with van der Waals surface area (Å²) in [6.07, 6.45) is -5.05. The molecule has 1 aromatic carbocycles. The number of carbonyl (C=O) groups is 3. The van der Waals surface area contributed by atoms with E-state index in [4.69, 9.17) is 5.11 Å². The van der Waals surface area contributed by atoms with Crippen LogP contribution in [0.3, 0.4) is 0 Å². The highest BCUT2D eigenvalue weighted by molar-refractivity contribution is 6.00. The summed E-state index contributed by atoms with van der Waals surface area (Å²) in [6, 6.07) is 3.82. The maximum Gasteiger partial charge on any atom is 0.408 e. The first-order valence-corrected chi connectivity index (χ1v) is 7.15. The molecule has 1 heterocycles. The number of amides is 2. The van der Waals surface area contributed by atoms with Crippen LogP contribution in [0.2, 0.25) is 0 Å². The molecule has 0 saturated carbocycles. The van der Waals surface area contributed by atoms with Gasteiger partial charge < -0.3 is 15.7 Å². The number of piperidine rings is 1. The molecule has 2 amide bonds. The molecule has 1 fully saturated rings. The molecule has 0 aliphatic carbocycles. The van der Waals surface area contributed by atoms with E-state index >= 15 is 0 Å². The van der Waals surface area contributed by atoms with Gasteiger partial charge in [-0.05, 0) is 30.5 Å². The number of hydrogen-bond donors (Lipinski definition) is 3. The fraction of sp³-hybridized carbons (Fsp3) is 0.400. The van der Waals surface area contributed by atoms with Crippen LogP contribution in [-0.2, 0) is 16.1 Å². The van der Waals surface area contributed by atoms with Crippen molar-refractivity contribution in [3.05, 3.63) is 35.4 Å². The molecule has 1 aliphatic heterocycles. The summed E-state index contributed by atoms with van der Waals surface area (Å²) >= 11 is 0. The monoisotopic (exact) mass is 344 g/mol. The Balaban J connectivity index is 1.89. The molecule has 9 heteroatoms. The fourth-order valence-electron chi connectivity index (χ4n) is 2.38. The standard InChI is InChI=1S/C15H15F3N2O4/c16-15(17,18)11-6-5-10(13(22)20-11)12(21)19-7-8-1-3-9(4-2-8)14(23)24/h1-4,10-11H,5-7H2,(H,19,21)(H,20,22)(H,23,24)/t10-,11+/m1/s1. The van der Waals surface area contributed by atoms with Gasteiger partial charge in [-0.2, -0.15) is 13.2 Å². The van der Waals surface area contributed by atoms with E-state index in [1.165, 1.54) is 24.3 Å². The van der Waals surface area contributed by atoms with Gasteiger partial charge in [-0.1, -0.05) is 12.1 Å². The summed E-state index contributed by atoms with van der Waals surface area (Å²) < 4.78 is 37.6. The normalized spacial score (nSPS) is 21.0. The van der Waals surface area contributed by atoms with Crippen LogP contribution >= 0.6 is 0 Å². The fourth-order valence-corrected chi connectivity index (χ4v) is 2.38. The van der Waals surface area contributed by atoms with E-state index in [1.807, 2.05) is 5.32 Å². The van der Waals surface area contributed by atoms with Crippen molar-refractivity contribution in [2.75, 3.05) is 0 Å². The highest BCUT2D eigenvalue weighted by atomic mass is 19.4. The number of aromatic carboxylic acids is 1. The average Bonchev–Trinajstić information content (AvgIpc) is 2.52. The molecule has 1 aromatic rings. The molecule has 2 atom stereocenters. The van der Waals surface area contributed by atoms with Gasteiger partial charge in [0, 0.05) is 6.54 Å². The van der Waals surface area contributed by atoms with Crippen LogP contribution in [0.5, 0.6) is 0 Å². The van der Waals surface area contributed by atoms with Crippen LogP contribution < -0.4 is 10.6 Å².